The number of rotatable bonds is 3. The molecule has 38 heavy (non-hydrogen) atoms. The standard InChI is InChI=1S/C31H29N3O4/c1-18-16-33(17-19(2)37-18)30(35)24-11-13-27-26(14-24)25-12-10-23(29-20(3)32-38-21(29)4)15-28(25)34(27)31(36)22-8-6-5-7-9-22/h5-15,18-19H,16-17H2,1-4H3. The molecular weight excluding hydrogens is 478 g/mol. The number of ether oxygens (including phenoxy) is 1. The molecule has 0 bridgehead atoms. The molecule has 5 aromatic rings. The van der Waals surface area contributed by atoms with Gasteiger partial charge < -0.3 is 14.2 Å². The molecular formula is C31H29N3O4. The van der Waals surface area contributed by atoms with Crippen LogP contribution in [0.5, 0.6) is 0 Å². The SMILES string of the molecule is Cc1noc(C)c1-c1ccc2c3cc(C(=O)N4CC(C)OC(C)C4)ccc3n(C(=O)c3ccccc3)c2c1. The Labute approximate surface area is 220 Å². The molecule has 1 fully saturated rings. The van der Waals surface area contributed by atoms with Gasteiger partial charge in [0.1, 0.15) is 5.76 Å². The number of hydrogen-bond acceptors (Lipinski definition) is 5. The second-order valence-corrected chi connectivity index (χ2v) is 10.1. The summed E-state index contributed by atoms with van der Waals surface area (Å²) in [5, 5.41) is 5.86. The number of hydrogen-bond donors (Lipinski definition) is 0. The van der Waals surface area contributed by atoms with Crippen molar-refractivity contribution in [3.63, 3.8) is 0 Å². The Bertz CT molecular complexity index is 1670. The monoisotopic (exact) mass is 507 g/mol. The molecule has 7 heteroatoms. The van der Waals surface area contributed by atoms with Gasteiger partial charge in [-0.15, -0.1) is 0 Å². The molecule has 0 radical (unpaired) electrons. The van der Waals surface area contributed by atoms with E-state index in [0.29, 0.717) is 24.2 Å². The van der Waals surface area contributed by atoms with Crippen LogP contribution in [0.3, 0.4) is 0 Å². The number of fused-ring (bicyclic) bond motifs is 3. The number of aryl methyl sites for hydroxylation is 2. The van der Waals surface area contributed by atoms with Crippen molar-refractivity contribution in [2.75, 3.05) is 13.1 Å². The van der Waals surface area contributed by atoms with Crippen LogP contribution < -0.4 is 0 Å². The van der Waals surface area contributed by atoms with E-state index in [0.717, 1.165) is 44.4 Å². The van der Waals surface area contributed by atoms with Crippen molar-refractivity contribution in [2.45, 2.75) is 39.9 Å². The van der Waals surface area contributed by atoms with Crippen molar-refractivity contribution in [2.24, 2.45) is 0 Å². The van der Waals surface area contributed by atoms with Crippen LogP contribution in [0, 0.1) is 13.8 Å². The summed E-state index contributed by atoms with van der Waals surface area (Å²) in [5.74, 6) is 0.564. The zero-order chi connectivity index (χ0) is 26.6. The normalized spacial score (nSPS) is 17.8. The van der Waals surface area contributed by atoms with Crippen molar-refractivity contribution in [1.29, 1.82) is 0 Å². The summed E-state index contributed by atoms with van der Waals surface area (Å²) in [7, 11) is 0. The quantitative estimate of drug-likeness (QED) is 0.299. The summed E-state index contributed by atoms with van der Waals surface area (Å²) < 4.78 is 13.0. The van der Waals surface area contributed by atoms with E-state index in [-0.39, 0.29) is 24.0 Å². The van der Waals surface area contributed by atoms with Crippen molar-refractivity contribution in [3.8, 4) is 11.1 Å². The highest BCUT2D eigenvalue weighted by Gasteiger charge is 2.27. The summed E-state index contributed by atoms with van der Waals surface area (Å²) in [6.45, 7) is 8.87. The molecule has 0 aliphatic carbocycles. The van der Waals surface area contributed by atoms with Crippen LogP contribution in [0.15, 0.2) is 71.3 Å². The summed E-state index contributed by atoms with van der Waals surface area (Å²) in [4.78, 5) is 29.2. The van der Waals surface area contributed by atoms with Gasteiger partial charge in [-0.25, -0.2) is 0 Å². The van der Waals surface area contributed by atoms with Gasteiger partial charge in [0.25, 0.3) is 11.8 Å². The van der Waals surface area contributed by atoms with Gasteiger partial charge in [0.05, 0.1) is 28.9 Å². The predicted octanol–water partition coefficient (Wildman–Crippen LogP) is 6.00. The number of carbonyl (C=O) groups is 2. The maximum absolute atomic E-state index is 13.8. The van der Waals surface area contributed by atoms with Gasteiger partial charge in [-0.05, 0) is 69.7 Å². The van der Waals surface area contributed by atoms with E-state index in [1.165, 1.54) is 0 Å². The summed E-state index contributed by atoms with van der Waals surface area (Å²) >= 11 is 0. The van der Waals surface area contributed by atoms with Crippen molar-refractivity contribution >= 4 is 33.6 Å². The van der Waals surface area contributed by atoms with Gasteiger partial charge >= 0.3 is 0 Å². The van der Waals surface area contributed by atoms with Crippen LogP contribution in [-0.4, -0.2) is 51.7 Å². The Kier molecular flexibility index (Phi) is 5.88. The van der Waals surface area contributed by atoms with Crippen molar-refractivity contribution in [1.82, 2.24) is 14.6 Å². The first-order valence-corrected chi connectivity index (χ1v) is 12.9. The van der Waals surface area contributed by atoms with E-state index in [4.69, 9.17) is 9.26 Å². The fraction of sp³-hybridized carbons (Fsp3) is 0.258. The van der Waals surface area contributed by atoms with E-state index in [9.17, 15) is 9.59 Å². The summed E-state index contributed by atoms with van der Waals surface area (Å²) in [6.07, 6.45) is -0.0285. The molecule has 3 heterocycles. The second kappa shape index (κ2) is 9.26. The molecule has 2 unspecified atom stereocenters. The Morgan fingerprint density at radius 1 is 0.816 bits per heavy atom. The molecule has 1 aliphatic heterocycles. The van der Waals surface area contributed by atoms with E-state index in [2.05, 4.69) is 5.16 Å². The van der Waals surface area contributed by atoms with Crippen molar-refractivity contribution < 1.29 is 18.8 Å². The zero-order valence-corrected chi connectivity index (χ0v) is 21.9. The van der Waals surface area contributed by atoms with Crippen LogP contribution in [0.25, 0.3) is 32.9 Å². The predicted molar refractivity (Wildman–Crippen MR) is 146 cm³/mol. The number of nitrogens with zero attached hydrogens (tertiary/aromatic N) is 3. The lowest BCUT2D eigenvalue weighted by atomic mass is 10.0. The first-order valence-electron chi connectivity index (χ1n) is 12.9. The van der Waals surface area contributed by atoms with Gasteiger partial charge in [-0.3, -0.25) is 14.2 Å². The minimum atomic E-state index is -0.128. The molecule has 2 aromatic heterocycles. The number of aromatic nitrogens is 2. The number of carbonyl (C=O) groups excluding carboxylic acids is 2. The van der Waals surface area contributed by atoms with E-state index in [1.807, 2.05) is 99.3 Å². The highest BCUT2D eigenvalue weighted by molar-refractivity contribution is 6.18. The molecule has 0 N–H and O–H groups in total. The number of benzene rings is 3. The van der Waals surface area contributed by atoms with Gasteiger partial charge in [0.15, 0.2) is 0 Å². The molecule has 0 spiro atoms. The first kappa shape index (κ1) is 24.1. The lowest BCUT2D eigenvalue weighted by Gasteiger charge is -2.35. The van der Waals surface area contributed by atoms with Gasteiger partial charge in [-0.1, -0.05) is 35.5 Å². The van der Waals surface area contributed by atoms with Crippen molar-refractivity contribution in [3.05, 3.63) is 89.3 Å². The molecule has 1 saturated heterocycles. The van der Waals surface area contributed by atoms with Crippen LogP contribution in [-0.2, 0) is 4.74 Å². The molecule has 1 aliphatic rings. The highest BCUT2D eigenvalue weighted by atomic mass is 16.5. The third-order valence-electron chi connectivity index (χ3n) is 7.27. The minimum absolute atomic E-state index is 0.0143. The highest BCUT2D eigenvalue weighted by Crippen LogP contribution is 2.36. The van der Waals surface area contributed by atoms with Gasteiger partial charge in [-0.2, -0.15) is 0 Å². The molecule has 6 rings (SSSR count). The van der Waals surface area contributed by atoms with Gasteiger partial charge in [0.2, 0.25) is 0 Å². The Morgan fingerprint density at radius 3 is 2.24 bits per heavy atom. The smallest absolute Gasteiger partial charge is 0.262 e. The average molecular weight is 508 g/mol. The maximum Gasteiger partial charge on any atom is 0.262 e. The average Bonchev–Trinajstić information content (AvgIpc) is 3.42. The number of amides is 1. The Balaban J connectivity index is 1.54. The maximum atomic E-state index is 13.8. The summed E-state index contributed by atoms with van der Waals surface area (Å²) in [6, 6.07) is 20.9. The fourth-order valence-corrected chi connectivity index (χ4v) is 5.66. The lowest BCUT2D eigenvalue weighted by molar-refractivity contribution is -0.0586. The van der Waals surface area contributed by atoms with E-state index < -0.39 is 0 Å². The van der Waals surface area contributed by atoms with E-state index in [1.54, 1.807) is 4.57 Å². The minimum Gasteiger partial charge on any atom is -0.372 e. The Morgan fingerprint density at radius 2 is 1.55 bits per heavy atom. The largest absolute Gasteiger partial charge is 0.372 e. The van der Waals surface area contributed by atoms with E-state index >= 15 is 0 Å². The van der Waals surface area contributed by atoms with Crippen LogP contribution in [0.2, 0.25) is 0 Å². The van der Waals surface area contributed by atoms with Crippen LogP contribution >= 0.6 is 0 Å². The third kappa shape index (κ3) is 4.00. The molecule has 7 nitrogen and oxygen atoms in total. The molecule has 192 valence electrons. The topological polar surface area (TPSA) is 77.6 Å². The lowest BCUT2D eigenvalue weighted by Crippen LogP contribution is -2.48. The second-order valence-electron chi connectivity index (χ2n) is 10.1. The first-order chi connectivity index (χ1) is 18.3. The Hall–Kier alpha value is -4.23. The molecule has 0 saturated carbocycles. The van der Waals surface area contributed by atoms with Crippen LogP contribution in [0.1, 0.15) is 46.0 Å². The molecule has 3 aromatic carbocycles. The third-order valence-corrected chi connectivity index (χ3v) is 7.27. The molecule has 2 atom stereocenters. The number of morpholine rings is 1. The van der Waals surface area contributed by atoms with Crippen LogP contribution in [0.4, 0.5) is 0 Å². The molecule has 1 amide bonds. The zero-order valence-electron chi connectivity index (χ0n) is 21.9. The van der Waals surface area contributed by atoms with Gasteiger partial charge in [0, 0.05) is 40.6 Å². The summed E-state index contributed by atoms with van der Waals surface area (Å²) in [5.41, 5.74) is 5.34. The fourth-order valence-electron chi connectivity index (χ4n) is 5.66.